The summed E-state index contributed by atoms with van der Waals surface area (Å²) in [6.45, 7) is 3.06. The maximum Gasteiger partial charge on any atom is 0.135 e. The second-order valence-corrected chi connectivity index (χ2v) is 5.00. The number of anilines is 1. The molecule has 1 fully saturated rings. The van der Waals surface area contributed by atoms with E-state index in [1.807, 2.05) is 0 Å². The number of nitrogens with zero attached hydrogens (tertiary/aromatic N) is 3. The molecule has 0 aromatic carbocycles. The molecule has 3 rings (SSSR count). The average molecular weight is 248 g/mol. The molecule has 98 valence electrons. The SMILES string of the molecule is NCC1CN(c2ncnc3c2CCCC3)CCO1. The van der Waals surface area contributed by atoms with Gasteiger partial charge >= 0.3 is 0 Å². The Kier molecular flexibility index (Phi) is 3.43. The average Bonchev–Trinajstić information content (AvgIpc) is 2.47. The smallest absolute Gasteiger partial charge is 0.135 e. The highest BCUT2D eigenvalue weighted by molar-refractivity contribution is 5.50. The van der Waals surface area contributed by atoms with E-state index in [9.17, 15) is 0 Å². The first-order valence-corrected chi connectivity index (χ1v) is 6.78. The van der Waals surface area contributed by atoms with Gasteiger partial charge in [-0.05, 0) is 25.7 Å². The zero-order chi connectivity index (χ0) is 12.4. The van der Waals surface area contributed by atoms with Crippen LogP contribution in [0.1, 0.15) is 24.1 Å². The van der Waals surface area contributed by atoms with Crippen molar-refractivity contribution >= 4 is 5.82 Å². The van der Waals surface area contributed by atoms with Gasteiger partial charge in [0.15, 0.2) is 0 Å². The first-order valence-electron chi connectivity index (χ1n) is 6.78. The summed E-state index contributed by atoms with van der Waals surface area (Å²) >= 11 is 0. The Hall–Kier alpha value is -1.20. The molecule has 2 N–H and O–H groups in total. The topological polar surface area (TPSA) is 64.3 Å². The molecule has 1 unspecified atom stereocenters. The van der Waals surface area contributed by atoms with Crippen molar-refractivity contribution in [2.24, 2.45) is 5.73 Å². The predicted octanol–water partition coefficient (Wildman–Crippen LogP) is 0.519. The third kappa shape index (κ3) is 2.20. The fraction of sp³-hybridized carbons (Fsp3) is 0.692. The van der Waals surface area contributed by atoms with Gasteiger partial charge in [-0.1, -0.05) is 0 Å². The first-order chi connectivity index (χ1) is 8.88. The number of aryl methyl sites for hydroxylation is 1. The molecule has 1 aromatic rings. The monoisotopic (exact) mass is 248 g/mol. The molecule has 1 aromatic heterocycles. The van der Waals surface area contributed by atoms with Crippen LogP contribution < -0.4 is 10.6 Å². The van der Waals surface area contributed by atoms with E-state index in [1.54, 1.807) is 6.33 Å². The molecular formula is C13H20N4O. The lowest BCUT2D eigenvalue weighted by molar-refractivity contribution is 0.0462. The Morgan fingerprint density at radius 3 is 3.11 bits per heavy atom. The summed E-state index contributed by atoms with van der Waals surface area (Å²) in [4.78, 5) is 11.2. The van der Waals surface area contributed by atoms with E-state index in [1.165, 1.54) is 24.1 Å². The van der Waals surface area contributed by atoms with E-state index in [-0.39, 0.29) is 6.10 Å². The van der Waals surface area contributed by atoms with Gasteiger partial charge in [-0.2, -0.15) is 0 Å². The maximum absolute atomic E-state index is 5.70. The zero-order valence-corrected chi connectivity index (χ0v) is 10.6. The van der Waals surface area contributed by atoms with Crippen LogP contribution in [0.15, 0.2) is 6.33 Å². The van der Waals surface area contributed by atoms with Crippen molar-refractivity contribution in [3.05, 3.63) is 17.6 Å². The highest BCUT2D eigenvalue weighted by Gasteiger charge is 2.24. The van der Waals surface area contributed by atoms with Crippen molar-refractivity contribution in [2.45, 2.75) is 31.8 Å². The summed E-state index contributed by atoms with van der Waals surface area (Å²) in [6, 6.07) is 0. The lowest BCUT2D eigenvalue weighted by Crippen LogP contribution is -2.46. The fourth-order valence-electron chi connectivity index (χ4n) is 2.83. The molecule has 2 aliphatic rings. The molecule has 1 aliphatic heterocycles. The second-order valence-electron chi connectivity index (χ2n) is 5.00. The van der Waals surface area contributed by atoms with Crippen LogP contribution in [0.4, 0.5) is 5.82 Å². The fourth-order valence-corrected chi connectivity index (χ4v) is 2.83. The van der Waals surface area contributed by atoms with Crippen LogP contribution in [-0.4, -0.2) is 42.3 Å². The van der Waals surface area contributed by atoms with Crippen LogP contribution in [0.25, 0.3) is 0 Å². The van der Waals surface area contributed by atoms with Gasteiger partial charge in [-0.25, -0.2) is 9.97 Å². The van der Waals surface area contributed by atoms with Gasteiger partial charge in [0.05, 0.1) is 12.7 Å². The minimum atomic E-state index is 0.132. The van der Waals surface area contributed by atoms with Gasteiger partial charge < -0.3 is 15.4 Å². The number of morpholine rings is 1. The summed E-state index contributed by atoms with van der Waals surface area (Å²) in [5, 5.41) is 0. The van der Waals surface area contributed by atoms with Gasteiger partial charge in [0, 0.05) is 30.9 Å². The molecule has 18 heavy (non-hydrogen) atoms. The Morgan fingerprint density at radius 1 is 1.33 bits per heavy atom. The minimum absolute atomic E-state index is 0.132. The van der Waals surface area contributed by atoms with Gasteiger partial charge in [-0.15, -0.1) is 0 Å². The van der Waals surface area contributed by atoms with E-state index in [4.69, 9.17) is 10.5 Å². The Morgan fingerprint density at radius 2 is 2.22 bits per heavy atom. The third-order valence-corrected chi connectivity index (χ3v) is 3.80. The Balaban J connectivity index is 1.87. The van der Waals surface area contributed by atoms with E-state index in [0.717, 1.165) is 38.4 Å². The molecule has 0 radical (unpaired) electrons. The Labute approximate surface area is 107 Å². The van der Waals surface area contributed by atoms with Crippen molar-refractivity contribution in [1.82, 2.24) is 9.97 Å². The second kappa shape index (κ2) is 5.20. The number of fused-ring (bicyclic) bond motifs is 1. The van der Waals surface area contributed by atoms with Crippen LogP contribution in [0.5, 0.6) is 0 Å². The van der Waals surface area contributed by atoms with Crippen molar-refractivity contribution in [3.8, 4) is 0 Å². The third-order valence-electron chi connectivity index (χ3n) is 3.80. The summed E-state index contributed by atoms with van der Waals surface area (Å²) in [5.41, 5.74) is 8.28. The predicted molar refractivity (Wildman–Crippen MR) is 69.7 cm³/mol. The molecule has 0 spiro atoms. The van der Waals surface area contributed by atoms with Crippen molar-refractivity contribution < 1.29 is 4.74 Å². The van der Waals surface area contributed by atoms with E-state index >= 15 is 0 Å². The number of hydrogen-bond donors (Lipinski definition) is 1. The number of aromatic nitrogens is 2. The number of hydrogen-bond acceptors (Lipinski definition) is 5. The normalized spacial score (nSPS) is 23.8. The molecular weight excluding hydrogens is 228 g/mol. The molecule has 5 nitrogen and oxygen atoms in total. The quantitative estimate of drug-likeness (QED) is 0.826. The minimum Gasteiger partial charge on any atom is -0.373 e. The lowest BCUT2D eigenvalue weighted by Gasteiger charge is -2.35. The standard InChI is InChI=1S/C13H20N4O/c14-7-10-8-17(5-6-18-10)13-11-3-1-2-4-12(11)15-9-16-13/h9-10H,1-8,14H2. The maximum atomic E-state index is 5.70. The Bertz CT molecular complexity index is 423. The molecule has 0 saturated carbocycles. The van der Waals surface area contributed by atoms with Crippen molar-refractivity contribution in [2.75, 3.05) is 31.1 Å². The summed E-state index contributed by atoms with van der Waals surface area (Å²) in [7, 11) is 0. The zero-order valence-electron chi connectivity index (χ0n) is 10.6. The number of nitrogens with two attached hydrogens (primary N) is 1. The number of rotatable bonds is 2. The summed E-state index contributed by atoms with van der Waals surface area (Å²) in [5.74, 6) is 1.11. The van der Waals surface area contributed by atoms with Crippen LogP contribution in [0, 0.1) is 0 Å². The van der Waals surface area contributed by atoms with Crippen LogP contribution >= 0.6 is 0 Å². The molecule has 0 bridgehead atoms. The van der Waals surface area contributed by atoms with Crippen molar-refractivity contribution in [3.63, 3.8) is 0 Å². The van der Waals surface area contributed by atoms with Gasteiger partial charge in [0.2, 0.25) is 0 Å². The van der Waals surface area contributed by atoms with Gasteiger partial charge in [0.25, 0.3) is 0 Å². The molecule has 1 aliphatic carbocycles. The molecule has 5 heteroatoms. The molecule has 1 atom stereocenters. The van der Waals surface area contributed by atoms with Crippen LogP contribution in [-0.2, 0) is 17.6 Å². The first kappa shape index (κ1) is 11.9. The van der Waals surface area contributed by atoms with Gasteiger partial charge in [0.1, 0.15) is 12.1 Å². The lowest BCUT2D eigenvalue weighted by atomic mass is 9.96. The van der Waals surface area contributed by atoms with E-state index in [2.05, 4.69) is 14.9 Å². The number of ether oxygens (including phenoxy) is 1. The van der Waals surface area contributed by atoms with Crippen LogP contribution in [0.3, 0.4) is 0 Å². The highest BCUT2D eigenvalue weighted by atomic mass is 16.5. The van der Waals surface area contributed by atoms with E-state index < -0.39 is 0 Å². The highest BCUT2D eigenvalue weighted by Crippen LogP contribution is 2.27. The summed E-state index contributed by atoms with van der Waals surface area (Å²) < 4.78 is 5.61. The summed E-state index contributed by atoms with van der Waals surface area (Å²) in [6.07, 6.45) is 6.53. The molecule has 0 amide bonds. The van der Waals surface area contributed by atoms with E-state index in [0.29, 0.717) is 6.54 Å². The van der Waals surface area contributed by atoms with Gasteiger partial charge in [-0.3, -0.25) is 0 Å². The molecule has 1 saturated heterocycles. The van der Waals surface area contributed by atoms with Crippen molar-refractivity contribution in [1.29, 1.82) is 0 Å². The largest absolute Gasteiger partial charge is 0.373 e. The molecule has 2 heterocycles. The van der Waals surface area contributed by atoms with Crippen LogP contribution in [0.2, 0.25) is 0 Å².